The van der Waals surface area contributed by atoms with Gasteiger partial charge >= 0.3 is 0 Å². The molecular weight excluding hydrogens is 501 g/mol. The van der Waals surface area contributed by atoms with Gasteiger partial charge in [-0.25, -0.2) is 0 Å². The average molecular weight is 535 g/mol. The molecule has 0 aliphatic carbocycles. The van der Waals surface area contributed by atoms with Crippen molar-refractivity contribution in [2.24, 2.45) is 5.41 Å². The highest BCUT2D eigenvalue weighted by molar-refractivity contribution is 6.30. The van der Waals surface area contributed by atoms with Gasteiger partial charge in [-0.2, -0.15) is 5.26 Å². The number of halogens is 2. The number of nitrogens with one attached hydrogen (secondary N) is 2. The Morgan fingerprint density at radius 3 is 2.35 bits per heavy atom. The molecule has 1 aliphatic heterocycles. The van der Waals surface area contributed by atoms with E-state index in [2.05, 4.69) is 43.5 Å². The first-order valence-corrected chi connectivity index (χ1v) is 13.3. The number of amides is 1. The summed E-state index contributed by atoms with van der Waals surface area (Å²) in [4.78, 5) is 13.8. The molecule has 0 aromatic heterocycles. The zero-order valence-electron chi connectivity index (χ0n) is 21.7. The first-order chi connectivity index (χ1) is 17.5. The Hall–Kier alpha value is -2.84. The van der Waals surface area contributed by atoms with Crippen LogP contribution in [0.15, 0.2) is 72.8 Å². The lowest BCUT2D eigenvalue weighted by atomic mass is 9.63. The summed E-state index contributed by atoms with van der Waals surface area (Å²) in [5.74, 6) is -0.612. The fraction of sp³-hybridized carbons (Fsp3) is 0.355. The van der Waals surface area contributed by atoms with E-state index in [1.165, 1.54) is 0 Å². The smallest absolute Gasteiger partial charge is 0.238 e. The zero-order chi connectivity index (χ0) is 26.8. The molecule has 4 rings (SSSR count). The Morgan fingerprint density at radius 1 is 1.03 bits per heavy atom. The number of carbonyl (C=O) groups is 1. The van der Waals surface area contributed by atoms with Gasteiger partial charge in [0.1, 0.15) is 5.41 Å². The maximum atomic E-state index is 13.8. The van der Waals surface area contributed by atoms with Gasteiger partial charge in [0.25, 0.3) is 0 Å². The molecule has 1 aliphatic rings. The summed E-state index contributed by atoms with van der Waals surface area (Å²) in [6.07, 6.45) is 0.696. The lowest BCUT2D eigenvalue weighted by Gasteiger charge is -2.37. The van der Waals surface area contributed by atoms with Crippen LogP contribution in [0.5, 0.6) is 0 Å². The van der Waals surface area contributed by atoms with Crippen LogP contribution < -0.4 is 10.6 Å². The second kappa shape index (κ2) is 10.9. The molecule has 1 amide bonds. The van der Waals surface area contributed by atoms with Crippen molar-refractivity contribution in [3.05, 3.63) is 105 Å². The molecule has 1 saturated heterocycles. The first kappa shape index (κ1) is 27.2. The molecule has 37 heavy (non-hydrogen) atoms. The third kappa shape index (κ3) is 5.85. The molecule has 4 atom stereocenters. The normalized spacial score (nSPS) is 23.4. The van der Waals surface area contributed by atoms with Crippen molar-refractivity contribution in [3.8, 4) is 6.07 Å². The summed E-state index contributed by atoms with van der Waals surface area (Å²) in [7, 11) is 0. The molecule has 1 unspecified atom stereocenters. The number of nitriles is 1. The highest BCUT2D eigenvalue weighted by Crippen LogP contribution is 2.51. The molecule has 3 aromatic carbocycles. The van der Waals surface area contributed by atoms with E-state index in [1.807, 2.05) is 73.7 Å². The van der Waals surface area contributed by atoms with Crippen molar-refractivity contribution >= 4 is 29.1 Å². The SMILES string of the molecule is Cc1cccc(CNC(=O)[C@@H]2N[C@@H](CC(C)(C)C)[C@](C#N)(c3ccc(Cl)cc3)C2c2cccc(Cl)c2)c1. The highest BCUT2D eigenvalue weighted by atomic mass is 35.5. The quantitative estimate of drug-likeness (QED) is 0.360. The summed E-state index contributed by atoms with van der Waals surface area (Å²) in [6.45, 7) is 8.89. The molecule has 0 radical (unpaired) electrons. The number of benzene rings is 3. The monoisotopic (exact) mass is 533 g/mol. The van der Waals surface area contributed by atoms with E-state index in [0.717, 1.165) is 22.3 Å². The molecule has 3 aromatic rings. The Labute approximate surface area is 230 Å². The van der Waals surface area contributed by atoms with Gasteiger partial charge in [-0.3, -0.25) is 4.79 Å². The van der Waals surface area contributed by atoms with Crippen molar-refractivity contribution in [2.75, 3.05) is 0 Å². The number of nitrogens with zero attached hydrogens (tertiary/aromatic N) is 1. The van der Waals surface area contributed by atoms with Crippen molar-refractivity contribution in [3.63, 3.8) is 0 Å². The minimum Gasteiger partial charge on any atom is -0.351 e. The van der Waals surface area contributed by atoms with Gasteiger partial charge in [0.2, 0.25) is 5.91 Å². The van der Waals surface area contributed by atoms with Gasteiger partial charge in [-0.1, -0.05) is 98.1 Å². The molecule has 0 bridgehead atoms. The van der Waals surface area contributed by atoms with Crippen molar-refractivity contribution < 1.29 is 4.79 Å². The number of hydrogen-bond acceptors (Lipinski definition) is 3. The van der Waals surface area contributed by atoms with Crippen molar-refractivity contribution in [1.82, 2.24) is 10.6 Å². The summed E-state index contributed by atoms with van der Waals surface area (Å²) in [6, 6.07) is 24.8. The van der Waals surface area contributed by atoms with Crippen LogP contribution in [0.2, 0.25) is 10.0 Å². The minimum absolute atomic E-state index is 0.0853. The lowest BCUT2D eigenvalue weighted by Crippen LogP contribution is -2.45. The zero-order valence-corrected chi connectivity index (χ0v) is 23.2. The van der Waals surface area contributed by atoms with Crippen LogP contribution >= 0.6 is 23.2 Å². The van der Waals surface area contributed by atoms with Crippen LogP contribution in [0.25, 0.3) is 0 Å². The number of hydrogen-bond donors (Lipinski definition) is 2. The Kier molecular flexibility index (Phi) is 7.99. The number of aryl methyl sites for hydroxylation is 1. The van der Waals surface area contributed by atoms with Crippen LogP contribution in [-0.2, 0) is 16.8 Å². The van der Waals surface area contributed by atoms with Crippen molar-refractivity contribution in [1.29, 1.82) is 5.26 Å². The molecule has 192 valence electrons. The van der Waals surface area contributed by atoms with Crippen LogP contribution in [0.3, 0.4) is 0 Å². The third-order valence-electron chi connectivity index (χ3n) is 7.12. The van der Waals surface area contributed by atoms with E-state index in [4.69, 9.17) is 23.2 Å². The average Bonchev–Trinajstić information content (AvgIpc) is 3.16. The van der Waals surface area contributed by atoms with Gasteiger partial charge in [-0.05, 0) is 59.7 Å². The van der Waals surface area contributed by atoms with E-state index >= 15 is 0 Å². The van der Waals surface area contributed by atoms with Gasteiger partial charge in [0.15, 0.2) is 0 Å². The molecule has 6 heteroatoms. The second-order valence-electron chi connectivity index (χ2n) is 11.2. The standard InChI is InChI=1S/C31H33Cl2N3O/c1-20-7-5-8-21(15-20)18-35-29(37)28-27(22-9-6-10-25(33)16-22)31(19-34,23-11-13-24(32)14-12-23)26(36-28)17-30(2,3)4/h5-16,26-28,36H,17-18H2,1-4H3,(H,35,37)/t26-,27?,28+,31-/m0/s1. The third-order valence-corrected chi connectivity index (χ3v) is 7.60. The summed E-state index contributed by atoms with van der Waals surface area (Å²) in [5.41, 5.74) is 2.75. The number of carbonyl (C=O) groups excluding carboxylic acids is 1. The Morgan fingerprint density at radius 2 is 1.73 bits per heavy atom. The van der Waals surface area contributed by atoms with Crippen LogP contribution in [-0.4, -0.2) is 18.0 Å². The van der Waals surface area contributed by atoms with Crippen LogP contribution in [0.4, 0.5) is 0 Å². The molecule has 4 nitrogen and oxygen atoms in total. The van der Waals surface area contributed by atoms with E-state index < -0.39 is 17.4 Å². The topological polar surface area (TPSA) is 64.9 Å². The predicted molar refractivity (Wildman–Crippen MR) is 151 cm³/mol. The van der Waals surface area contributed by atoms with E-state index in [-0.39, 0.29) is 17.4 Å². The Balaban J connectivity index is 1.82. The molecule has 0 saturated carbocycles. The fourth-order valence-electron chi connectivity index (χ4n) is 5.58. The maximum absolute atomic E-state index is 13.8. The minimum atomic E-state index is -1.02. The Bertz CT molecular complexity index is 1310. The van der Waals surface area contributed by atoms with Gasteiger partial charge in [0.05, 0.1) is 12.1 Å². The largest absolute Gasteiger partial charge is 0.351 e. The van der Waals surface area contributed by atoms with Crippen LogP contribution in [0.1, 0.15) is 55.4 Å². The summed E-state index contributed by atoms with van der Waals surface area (Å²) < 4.78 is 0. The van der Waals surface area contributed by atoms with Crippen LogP contribution in [0, 0.1) is 23.7 Å². The highest BCUT2D eigenvalue weighted by Gasteiger charge is 2.59. The number of rotatable bonds is 6. The molecule has 1 heterocycles. The summed E-state index contributed by atoms with van der Waals surface area (Å²) >= 11 is 12.7. The predicted octanol–water partition coefficient (Wildman–Crippen LogP) is 6.94. The van der Waals surface area contributed by atoms with Gasteiger partial charge in [0, 0.05) is 28.5 Å². The molecular formula is C31H33Cl2N3O. The van der Waals surface area contributed by atoms with E-state index in [0.29, 0.717) is 23.0 Å². The fourth-order valence-corrected chi connectivity index (χ4v) is 5.90. The van der Waals surface area contributed by atoms with Crippen molar-refractivity contribution in [2.45, 2.75) is 64.1 Å². The van der Waals surface area contributed by atoms with Gasteiger partial charge in [-0.15, -0.1) is 0 Å². The molecule has 0 spiro atoms. The first-order valence-electron chi connectivity index (χ1n) is 12.6. The lowest BCUT2D eigenvalue weighted by molar-refractivity contribution is -0.123. The summed E-state index contributed by atoms with van der Waals surface area (Å²) in [5, 5.41) is 18.9. The van der Waals surface area contributed by atoms with E-state index in [1.54, 1.807) is 0 Å². The maximum Gasteiger partial charge on any atom is 0.238 e. The molecule has 1 fully saturated rings. The second-order valence-corrected chi connectivity index (χ2v) is 12.1. The van der Waals surface area contributed by atoms with Gasteiger partial charge < -0.3 is 10.6 Å². The molecule has 2 N–H and O–H groups in total. The van der Waals surface area contributed by atoms with E-state index in [9.17, 15) is 10.1 Å².